The average Bonchev–Trinajstić information content (AvgIpc) is 3.08. The normalized spacial score (nSPS) is 21.3. The van der Waals surface area contributed by atoms with Crippen molar-refractivity contribution < 1.29 is 9.59 Å². The Kier molecular flexibility index (Phi) is 3.89. The molecule has 1 atom stereocenters. The zero-order valence-corrected chi connectivity index (χ0v) is 13.9. The number of urea groups is 1. The van der Waals surface area contributed by atoms with Gasteiger partial charge >= 0.3 is 6.03 Å². The van der Waals surface area contributed by atoms with Crippen LogP contribution in [0.15, 0.2) is 35.7 Å². The number of nitrogens with zero attached hydrogens (tertiary/aromatic N) is 1. The first kappa shape index (κ1) is 15.3. The molecule has 22 heavy (non-hydrogen) atoms. The average molecular weight is 355 g/mol. The second kappa shape index (κ2) is 5.57. The molecule has 1 aromatic carbocycles. The number of carbonyl (C=O) groups excluding carboxylic acids is 2. The second-order valence-electron chi connectivity index (χ2n) is 5.17. The van der Waals surface area contributed by atoms with Crippen LogP contribution in [0, 0.1) is 0 Å². The Morgan fingerprint density at radius 3 is 2.64 bits per heavy atom. The quantitative estimate of drug-likeness (QED) is 0.846. The standard InChI is InChI=1S/C15H12Cl2N2O2S/c1-15(12-3-2-6-22-12)13(20)19(14(21)18-15)8-9-4-5-10(16)11(17)7-9/h2-7H,8H2,1H3,(H,18,21). The molecule has 4 nitrogen and oxygen atoms in total. The minimum absolute atomic E-state index is 0.155. The van der Waals surface area contributed by atoms with Crippen LogP contribution in [-0.4, -0.2) is 16.8 Å². The molecular weight excluding hydrogens is 343 g/mol. The van der Waals surface area contributed by atoms with Gasteiger partial charge < -0.3 is 5.32 Å². The highest BCUT2D eigenvalue weighted by atomic mass is 35.5. The third-order valence-corrected chi connectivity index (χ3v) is 5.44. The fraction of sp³-hybridized carbons (Fsp3) is 0.200. The van der Waals surface area contributed by atoms with Crippen LogP contribution in [-0.2, 0) is 16.9 Å². The minimum Gasteiger partial charge on any atom is -0.319 e. The van der Waals surface area contributed by atoms with Gasteiger partial charge in [-0.25, -0.2) is 4.79 Å². The fourth-order valence-electron chi connectivity index (χ4n) is 2.39. The zero-order chi connectivity index (χ0) is 15.9. The van der Waals surface area contributed by atoms with Crippen LogP contribution < -0.4 is 5.32 Å². The number of benzene rings is 1. The van der Waals surface area contributed by atoms with Gasteiger partial charge in [-0.2, -0.15) is 0 Å². The Balaban J connectivity index is 1.87. The summed E-state index contributed by atoms with van der Waals surface area (Å²) in [6.07, 6.45) is 0. The summed E-state index contributed by atoms with van der Waals surface area (Å²) in [5.74, 6) is -0.272. The first-order valence-electron chi connectivity index (χ1n) is 6.54. The lowest BCUT2D eigenvalue weighted by Gasteiger charge is -2.20. The molecule has 3 amide bonds. The molecule has 114 valence electrons. The molecule has 1 saturated heterocycles. The van der Waals surface area contributed by atoms with Crippen LogP contribution >= 0.6 is 34.5 Å². The Morgan fingerprint density at radius 1 is 1.23 bits per heavy atom. The summed E-state index contributed by atoms with van der Waals surface area (Å²) in [7, 11) is 0. The molecule has 0 radical (unpaired) electrons. The Morgan fingerprint density at radius 2 is 2.00 bits per heavy atom. The van der Waals surface area contributed by atoms with E-state index in [1.165, 1.54) is 16.2 Å². The van der Waals surface area contributed by atoms with Crippen LogP contribution in [0.5, 0.6) is 0 Å². The highest BCUT2D eigenvalue weighted by molar-refractivity contribution is 7.10. The summed E-state index contributed by atoms with van der Waals surface area (Å²) in [6, 6.07) is 8.33. The van der Waals surface area contributed by atoms with Crippen molar-refractivity contribution in [1.29, 1.82) is 0 Å². The highest BCUT2D eigenvalue weighted by Crippen LogP contribution is 2.33. The van der Waals surface area contributed by atoms with Crippen molar-refractivity contribution in [3.05, 3.63) is 56.2 Å². The molecule has 1 N–H and O–H groups in total. The van der Waals surface area contributed by atoms with Crippen LogP contribution in [0.25, 0.3) is 0 Å². The van der Waals surface area contributed by atoms with Crippen LogP contribution in [0.2, 0.25) is 10.0 Å². The molecular formula is C15H12Cl2N2O2S. The predicted molar refractivity (Wildman–Crippen MR) is 87.2 cm³/mol. The maximum Gasteiger partial charge on any atom is 0.325 e. The number of carbonyl (C=O) groups is 2. The largest absolute Gasteiger partial charge is 0.325 e. The van der Waals surface area contributed by atoms with Crippen molar-refractivity contribution in [3.63, 3.8) is 0 Å². The number of imide groups is 1. The Bertz CT molecular complexity index is 748. The number of amides is 3. The monoisotopic (exact) mass is 354 g/mol. The molecule has 1 unspecified atom stereocenters. The second-order valence-corrected chi connectivity index (χ2v) is 6.93. The van der Waals surface area contributed by atoms with E-state index in [0.29, 0.717) is 10.0 Å². The number of hydrogen-bond donors (Lipinski definition) is 1. The van der Waals surface area contributed by atoms with Gasteiger partial charge in [0.15, 0.2) is 5.54 Å². The van der Waals surface area contributed by atoms with Crippen molar-refractivity contribution in [2.24, 2.45) is 0 Å². The topological polar surface area (TPSA) is 49.4 Å². The van der Waals surface area contributed by atoms with E-state index in [1.807, 2.05) is 17.5 Å². The van der Waals surface area contributed by atoms with Gasteiger partial charge in [-0.3, -0.25) is 9.69 Å². The minimum atomic E-state index is -1.01. The summed E-state index contributed by atoms with van der Waals surface area (Å²) in [6.45, 7) is 1.87. The van der Waals surface area contributed by atoms with Crippen LogP contribution in [0.3, 0.4) is 0 Å². The van der Waals surface area contributed by atoms with E-state index in [4.69, 9.17) is 23.2 Å². The number of rotatable bonds is 3. The number of thiophene rings is 1. The molecule has 1 aromatic heterocycles. The summed E-state index contributed by atoms with van der Waals surface area (Å²) < 4.78 is 0. The van der Waals surface area contributed by atoms with E-state index in [9.17, 15) is 9.59 Å². The van der Waals surface area contributed by atoms with Gasteiger partial charge in [0.05, 0.1) is 16.6 Å². The van der Waals surface area contributed by atoms with Crippen molar-refractivity contribution in [1.82, 2.24) is 10.2 Å². The van der Waals surface area contributed by atoms with Gasteiger partial charge in [-0.15, -0.1) is 11.3 Å². The van der Waals surface area contributed by atoms with Crippen molar-refractivity contribution in [2.45, 2.75) is 19.0 Å². The Hall–Kier alpha value is -1.56. The first-order valence-corrected chi connectivity index (χ1v) is 8.17. The zero-order valence-electron chi connectivity index (χ0n) is 11.6. The van der Waals surface area contributed by atoms with Gasteiger partial charge in [-0.1, -0.05) is 35.3 Å². The van der Waals surface area contributed by atoms with Gasteiger partial charge in [0.1, 0.15) is 0 Å². The molecule has 7 heteroatoms. The predicted octanol–water partition coefficient (Wildman–Crippen LogP) is 4.02. The maximum atomic E-state index is 12.7. The van der Waals surface area contributed by atoms with Crippen molar-refractivity contribution in [3.8, 4) is 0 Å². The lowest BCUT2D eigenvalue weighted by Crippen LogP contribution is -2.40. The Labute approximate surface area is 141 Å². The molecule has 1 aliphatic heterocycles. The van der Waals surface area contributed by atoms with E-state index >= 15 is 0 Å². The van der Waals surface area contributed by atoms with Gasteiger partial charge in [-0.05, 0) is 36.1 Å². The summed E-state index contributed by atoms with van der Waals surface area (Å²) in [5, 5.41) is 5.48. The molecule has 0 bridgehead atoms. The molecule has 0 aliphatic carbocycles. The third kappa shape index (κ3) is 2.49. The highest BCUT2D eigenvalue weighted by Gasteiger charge is 2.49. The van der Waals surface area contributed by atoms with Crippen LogP contribution in [0.4, 0.5) is 4.79 Å². The molecule has 1 aliphatic rings. The van der Waals surface area contributed by atoms with Gasteiger partial charge in [0, 0.05) is 4.88 Å². The molecule has 2 heterocycles. The fourth-order valence-corrected chi connectivity index (χ4v) is 3.55. The van der Waals surface area contributed by atoms with Crippen molar-refractivity contribution in [2.75, 3.05) is 0 Å². The van der Waals surface area contributed by atoms with E-state index in [1.54, 1.807) is 25.1 Å². The number of halogens is 2. The SMILES string of the molecule is CC1(c2cccs2)NC(=O)N(Cc2ccc(Cl)c(Cl)c2)C1=O. The van der Waals surface area contributed by atoms with Gasteiger partial charge in [0.2, 0.25) is 0 Å². The first-order chi connectivity index (χ1) is 10.4. The third-order valence-electron chi connectivity index (χ3n) is 3.61. The van der Waals surface area contributed by atoms with Gasteiger partial charge in [0.25, 0.3) is 5.91 Å². The molecule has 2 aromatic rings. The van der Waals surface area contributed by atoms with E-state index in [2.05, 4.69) is 5.32 Å². The summed E-state index contributed by atoms with van der Waals surface area (Å²) >= 11 is 13.3. The molecule has 0 spiro atoms. The molecule has 0 saturated carbocycles. The number of hydrogen-bond acceptors (Lipinski definition) is 3. The van der Waals surface area contributed by atoms with E-state index < -0.39 is 11.6 Å². The van der Waals surface area contributed by atoms with Crippen LogP contribution in [0.1, 0.15) is 17.4 Å². The molecule has 3 rings (SSSR count). The molecule has 1 fully saturated rings. The lowest BCUT2D eigenvalue weighted by molar-refractivity contribution is -0.131. The smallest absolute Gasteiger partial charge is 0.319 e. The summed E-state index contributed by atoms with van der Waals surface area (Å²) in [5.41, 5.74) is -0.269. The maximum absolute atomic E-state index is 12.7. The van der Waals surface area contributed by atoms with E-state index in [-0.39, 0.29) is 12.5 Å². The lowest BCUT2D eigenvalue weighted by atomic mass is 10.0. The summed E-state index contributed by atoms with van der Waals surface area (Å²) in [4.78, 5) is 26.9. The van der Waals surface area contributed by atoms with E-state index in [0.717, 1.165) is 10.4 Å². The number of nitrogens with one attached hydrogen (secondary N) is 1. The van der Waals surface area contributed by atoms with Crippen molar-refractivity contribution >= 4 is 46.5 Å².